The first-order valence-electron chi connectivity index (χ1n) is 6.53. The maximum atomic E-state index is 12.1. The van der Waals surface area contributed by atoms with Gasteiger partial charge in [0.25, 0.3) is 6.35 Å². The largest absolute Gasteiger partial charge is 0.573 e. The van der Waals surface area contributed by atoms with E-state index < -0.39 is 18.5 Å². The molecule has 8 nitrogen and oxygen atoms in total. The molecular formula is C13H10F3N5O3. The second kappa shape index (κ2) is 6.20. The average Bonchev–Trinajstić information content (AvgIpc) is 2.89. The summed E-state index contributed by atoms with van der Waals surface area (Å²) in [4.78, 5) is 12.7. The molecule has 0 saturated carbocycles. The third-order valence-electron chi connectivity index (χ3n) is 2.83. The summed E-state index contributed by atoms with van der Waals surface area (Å²) in [6, 6.07) is 5.64. The lowest BCUT2D eigenvalue weighted by atomic mass is 10.3. The molecule has 0 fully saturated rings. The van der Waals surface area contributed by atoms with Crippen LogP contribution in [0.1, 0.15) is 5.69 Å². The molecule has 0 spiro atoms. The number of amidine groups is 1. The SMILES string of the molecule is ON1C(c2ccc(OC(F)(F)F)cn2)=NOC1Nc1cccnc1. The van der Waals surface area contributed by atoms with Crippen LogP contribution in [-0.4, -0.2) is 38.8 Å². The van der Waals surface area contributed by atoms with Crippen molar-refractivity contribution >= 4 is 11.5 Å². The number of anilines is 1. The average molecular weight is 341 g/mol. The fraction of sp³-hybridized carbons (Fsp3) is 0.154. The Bertz CT molecular complexity index is 724. The van der Waals surface area contributed by atoms with Crippen LogP contribution >= 0.6 is 0 Å². The molecule has 126 valence electrons. The molecule has 0 aliphatic carbocycles. The van der Waals surface area contributed by atoms with Crippen molar-refractivity contribution < 1.29 is 28.0 Å². The lowest BCUT2D eigenvalue weighted by Gasteiger charge is -2.19. The smallest absolute Gasteiger partial charge is 0.404 e. The first kappa shape index (κ1) is 15.8. The zero-order chi connectivity index (χ0) is 17.2. The molecule has 0 radical (unpaired) electrons. The van der Waals surface area contributed by atoms with E-state index in [1.165, 1.54) is 12.3 Å². The van der Waals surface area contributed by atoms with Gasteiger partial charge in [0.1, 0.15) is 11.4 Å². The van der Waals surface area contributed by atoms with Crippen molar-refractivity contribution in [3.63, 3.8) is 0 Å². The number of rotatable bonds is 4. The molecule has 2 aromatic heterocycles. The number of halogens is 3. The van der Waals surface area contributed by atoms with Crippen LogP contribution in [0.3, 0.4) is 0 Å². The monoisotopic (exact) mass is 341 g/mol. The summed E-state index contributed by atoms with van der Waals surface area (Å²) in [5, 5.41) is 17.2. The Morgan fingerprint density at radius 2 is 2.08 bits per heavy atom. The van der Waals surface area contributed by atoms with E-state index in [-0.39, 0.29) is 11.5 Å². The lowest BCUT2D eigenvalue weighted by Crippen LogP contribution is -2.39. The van der Waals surface area contributed by atoms with Crippen LogP contribution in [0.5, 0.6) is 5.75 Å². The number of aromatic nitrogens is 2. The van der Waals surface area contributed by atoms with Crippen molar-refractivity contribution in [1.82, 2.24) is 15.0 Å². The topological polar surface area (TPSA) is 92.1 Å². The van der Waals surface area contributed by atoms with Crippen LogP contribution in [0.25, 0.3) is 0 Å². The Morgan fingerprint density at radius 3 is 2.71 bits per heavy atom. The number of alkyl halides is 3. The van der Waals surface area contributed by atoms with Gasteiger partial charge in [0.2, 0.25) is 5.84 Å². The van der Waals surface area contributed by atoms with Crippen LogP contribution < -0.4 is 10.1 Å². The summed E-state index contributed by atoms with van der Waals surface area (Å²) in [6.07, 6.45) is -1.89. The van der Waals surface area contributed by atoms with E-state index in [0.29, 0.717) is 10.8 Å². The Balaban J connectivity index is 1.67. The highest BCUT2D eigenvalue weighted by atomic mass is 19.4. The fourth-order valence-corrected chi connectivity index (χ4v) is 1.85. The second-order valence-corrected chi connectivity index (χ2v) is 4.53. The maximum absolute atomic E-state index is 12.1. The number of hydroxylamine groups is 2. The van der Waals surface area contributed by atoms with E-state index in [9.17, 15) is 18.4 Å². The minimum atomic E-state index is -4.81. The number of hydrogen-bond acceptors (Lipinski definition) is 8. The van der Waals surface area contributed by atoms with Crippen molar-refractivity contribution in [2.24, 2.45) is 5.16 Å². The second-order valence-electron chi connectivity index (χ2n) is 4.53. The molecule has 11 heteroatoms. The van der Waals surface area contributed by atoms with Crippen molar-refractivity contribution in [3.8, 4) is 5.75 Å². The van der Waals surface area contributed by atoms with Gasteiger partial charge in [0, 0.05) is 6.20 Å². The number of hydrogen-bond donors (Lipinski definition) is 2. The highest BCUT2D eigenvalue weighted by molar-refractivity contribution is 5.96. The first-order chi connectivity index (χ1) is 11.4. The predicted molar refractivity (Wildman–Crippen MR) is 73.8 cm³/mol. The molecule has 0 aromatic carbocycles. The third-order valence-corrected chi connectivity index (χ3v) is 2.83. The van der Waals surface area contributed by atoms with E-state index in [4.69, 9.17) is 4.84 Å². The molecule has 3 rings (SSSR count). The van der Waals surface area contributed by atoms with Gasteiger partial charge >= 0.3 is 6.36 Å². The minimum Gasteiger partial charge on any atom is -0.404 e. The molecule has 2 aromatic rings. The van der Waals surface area contributed by atoms with Crippen molar-refractivity contribution in [1.29, 1.82) is 0 Å². The molecule has 1 aliphatic rings. The van der Waals surface area contributed by atoms with Gasteiger partial charge in [-0.1, -0.05) is 5.16 Å². The quantitative estimate of drug-likeness (QED) is 0.880. The van der Waals surface area contributed by atoms with Gasteiger partial charge in [0.15, 0.2) is 0 Å². The van der Waals surface area contributed by atoms with Gasteiger partial charge in [-0.15, -0.1) is 13.2 Å². The Morgan fingerprint density at radius 1 is 1.25 bits per heavy atom. The Hall–Kier alpha value is -3.08. The molecule has 0 amide bonds. The molecular weight excluding hydrogens is 331 g/mol. The van der Waals surface area contributed by atoms with Gasteiger partial charge in [-0.25, -0.2) is 4.98 Å². The van der Waals surface area contributed by atoms with Gasteiger partial charge < -0.3 is 14.9 Å². The van der Waals surface area contributed by atoms with Gasteiger partial charge in [-0.2, -0.15) is 5.06 Å². The maximum Gasteiger partial charge on any atom is 0.573 e. The molecule has 0 saturated heterocycles. The van der Waals surface area contributed by atoms with Crippen LogP contribution in [0.2, 0.25) is 0 Å². The number of nitrogens with one attached hydrogen (secondary N) is 1. The van der Waals surface area contributed by atoms with Crippen molar-refractivity contribution in [2.45, 2.75) is 12.7 Å². The van der Waals surface area contributed by atoms with E-state index in [1.54, 1.807) is 18.3 Å². The predicted octanol–water partition coefficient (Wildman–Crippen LogP) is 2.15. The highest BCUT2D eigenvalue weighted by Gasteiger charge is 2.33. The van der Waals surface area contributed by atoms with Gasteiger partial charge in [-0.05, 0) is 24.3 Å². The highest BCUT2D eigenvalue weighted by Crippen LogP contribution is 2.23. The van der Waals surface area contributed by atoms with Crippen LogP contribution in [0, 0.1) is 0 Å². The summed E-state index contributed by atoms with van der Waals surface area (Å²) < 4.78 is 40.0. The Kier molecular flexibility index (Phi) is 4.08. The number of oxime groups is 1. The van der Waals surface area contributed by atoms with E-state index in [1.807, 2.05) is 0 Å². The summed E-state index contributed by atoms with van der Waals surface area (Å²) in [7, 11) is 0. The van der Waals surface area contributed by atoms with E-state index >= 15 is 0 Å². The summed E-state index contributed by atoms with van der Waals surface area (Å²) >= 11 is 0. The third kappa shape index (κ3) is 3.63. The number of nitrogens with zero attached hydrogens (tertiary/aromatic N) is 4. The van der Waals surface area contributed by atoms with Crippen LogP contribution in [0.15, 0.2) is 48.0 Å². The fourth-order valence-electron chi connectivity index (χ4n) is 1.85. The molecule has 1 aliphatic heterocycles. The van der Waals surface area contributed by atoms with E-state index in [0.717, 1.165) is 12.3 Å². The summed E-state index contributed by atoms with van der Waals surface area (Å²) in [5.74, 6) is -0.560. The minimum absolute atomic E-state index is 0.0741. The van der Waals surface area contributed by atoms with Gasteiger partial charge in [0.05, 0.1) is 18.1 Å². The number of pyridine rings is 2. The molecule has 1 atom stereocenters. The zero-order valence-corrected chi connectivity index (χ0v) is 11.8. The molecule has 24 heavy (non-hydrogen) atoms. The molecule has 0 bridgehead atoms. The summed E-state index contributed by atoms with van der Waals surface area (Å²) in [6.45, 7) is 0. The van der Waals surface area contributed by atoms with Crippen LogP contribution in [0.4, 0.5) is 18.9 Å². The number of ether oxygens (including phenoxy) is 1. The molecule has 2 N–H and O–H groups in total. The molecule has 1 unspecified atom stereocenters. The normalized spacial score (nSPS) is 17.2. The van der Waals surface area contributed by atoms with Crippen molar-refractivity contribution in [2.75, 3.05) is 5.32 Å². The first-order valence-corrected chi connectivity index (χ1v) is 6.53. The van der Waals surface area contributed by atoms with E-state index in [2.05, 4.69) is 25.2 Å². The summed E-state index contributed by atoms with van der Waals surface area (Å²) in [5.41, 5.74) is 0.669. The van der Waals surface area contributed by atoms with Gasteiger partial charge in [-0.3, -0.25) is 10.2 Å². The van der Waals surface area contributed by atoms with Crippen molar-refractivity contribution in [3.05, 3.63) is 48.5 Å². The Labute approximate surface area is 133 Å². The lowest BCUT2D eigenvalue weighted by molar-refractivity contribution is -0.274. The van der Waals surface area contributed by atoms with Crippen LogP contribution in [-0.2, 0) is 4.84 Å². The standard InChI is InChI=1S/C13H10F3N5O3/c14-13(15,16)23-9-3-4-10(18-7-9)11-20-24-12(21(11)22)19-8-2-1-5-17-6-8/h1-7,12,19,22H. The zero-order valence-electron chi connectivity index (χ0n) is 11.8. The molecule has 3 heterocycles.